The number of carbonyl (C=O) groups excluding carboxylic acids is 3. The number of anilines is 2. The number of ether oxygens (including phenoxy) is 1. The Morgan fingerprint density at radius 1 is 0.962 bits per heavy atom. The van der Waals surface area contributed by atoms with Gasteiger partial charge in [-0.25, -0.2) is 9.59 Å². The number of nitrogens with one attached hydrogen (secondary N) is 2. The zero-order valence-corrected chi connectivity index (χ0v) is 20.4. The summed E-state index contributed by atoms with van der Waals surface area (Å²) in [5.41, 5.74) is 0.773. The highest BCUT2D eigenvalue weighted by molar-refractivity contribution is 14.1. The van der Waals surface area contributed by atoms with E-state index in [1.165, 1.54) is 13.8 Å². The maximum absolute atomic E-state index is 12.6. The summed E-state index contributed by atoms with van der Waals surface area (Å²) in [5, 5.41) is 14.4. The molecule has 1 atom stereocenters. The van der Waals surface area contributed by atoms with Crippen LogP contribution in [0.3, 0.4) is 0 Å². The van der Waals surface area contributed by atoms with Gasteiger partial charge in [-0.1, -0.05) is 6.92 Å². The molecule has 3 N–H and O–H groups in total. The number of esters is 1. The third-order valence-electron chi connectivity index (χ3n) is 3.02. The molecular weight excluding hydrogens is 685 g/mol. The standard InChI is InChI=1S/C15H15I3N2O6/c1-4-7(14(23)24)26-15(25)8-9(16)12(19-5(2)21)11(18)13(10(8)17)20-6(3)22/h7H,4H2,1-3H3,(H,19,21)(H,20,22)(H,23,24). The number of aliphatic carboxylic acids is 1. The molecule has 0 saturated carbocycles. The second-order valence-corrected chi connectivity index (χ2v) is 8.31. The maximum atomic E-state index is 12.6. The minimum absolute atomic E-state index is 0.0822. The van der Waals surface area contributed by atoms with Gasteiger partial charge in [0.1, 0.15) is 0 Å². The van der Waals surface area contributed by atoms with Crippen LogP contribution in [0.25, 0.3) is 0 Å². The first-order chi connectivity index (χ1) is 12.0. The molecular formula is C15H15I3N2O6. The van der Waals surface area contributed by atoms with Crippen molar-refractivity contribution >= 4 is 103 Å². The van der Waals surface area contributed by atoms with Gasteiger partial charge in [-0.05, 0) is 74.2 Å². The summed E-state index contributed by atoms with van der Waals surface area (Å²) in [7, 11) is 0. The smallest absolute Gasteiger partial charge is 0.345 e. The number of benzene rings is 1. The Kier molecular flexibility index (Phi) is 8.98. The van der Waals surface area contributed by atoms with Crippen LogP contribution < -0.4 is 10.6 Å². The lowest BCUT2D eigenvalue weighted by Gasteiger charge is -2.20. The molecule has 11 heteroatoms. The fourth-order valence-corrected chi connectivity index (χ4v) is 6.06. The monoisotopic (exact) mass is 700 g/mol. The summed E-state index contributed by atoms with van der Waals surface area (Å²) in [4.78, 5) is 46.8. The van der Waals surface area contributed by atoms with Crippen molar-refractivity contribution in [3.63, 3.8) is 0 Å². The summed E-state index contributed by atoms with van der Waals surface area (Å²) in [6.07, 6.45) is -1.18. The molecule has 0 radical (unpaired) electrons. The highest BCUT2D eigenvalue weighted by Crippen LogP contribution is 2.39. The van der Waals surface area contributed by atoms with Crippen molar-refractivity contribution in [2.75, 3.05) is 10.6 Å². The minimum Gasteiger partial charge on any atom is -0.479 e. The predicted molar refractivity (Wildman–Crippen MR) is 120 cm³/mol. The molecule has 0 aliphatic heterocycles. The predicted octanol–water partition coefficient (Wildman–Crippen LogP) is 3.44. The van der Waals surface area contributed by atoms with Gasteiger partial charge < -0.3 is 20.5 Å². The van der Waals surface area contributed by atoms with Crippen LogP contribution in [0.1, 0.15) is 37.6 Å². The lowest BCUT2D eigenvalue weighted by atomic mass is 10.1. The van der Waals surface area contributed by atoms with Crippen LogP contribution in [0.5, 0.6) is 0 Å². The molecule has 142 valence electrons. The number of hydrogen-bond donors (Lipinski definition) is 3. The van der Waals surface area contributed by atoms with E-state index < -0.39 is 18.0 Å². The fraction of sp³-hybridized carbons (Fsp3) is 0.333. The number of halogens is 3. The van der Waals surface area contributed by atoms with E-state index in [4.69, 9.17) is 9.84 Å². The van der Waals surface area contributed by atoms with Crippen molar-refractivity contribution < 1.29 is 29.0 Å². The third-order valence-corrected chi connectivity index (χ3v) is 6.25. The average molecular weight is 700 g/mol. The van der Waals surface area contributed by atoms with Gasteiger partial charge >= 0.3 is 11.9 Å². The Bertz CT molecular complexity index is 738. The quantitative estimate of drug-likeness (QED) is 0.309. The SMILES string of the molecule is CCC(OC(=O)c1c(I)c(NC(C)=O)c(I)c(NC(C)=O)c1I)C(=O)O. The molecule has 0 aromatic heterocycles. The van der Waals surface area contributed by atoms with Crippen LogP contribution in [-0.2, 0) is 19.1 Å². The highest BCUT2D eigenvalue weighted by Gasteiger charge is 2.29. The Hall–Kier alpha value is -0.710. The summed E-state index contributed by atoms with van der Waals surface area (Å²) in [6.45, 7) is 4.22. The van der Waals surface area contributed by atoms with E-state index in [1.54, 1.807) is 6.92 Å². The van der Waals surface area contributed by atoms with Crippen molar-refractivity contribution in [3.8, 4) is 0 Å². The van der Waals surface area contributed by atoms with E-state index in [1.807, 2.05) is 67.8 Å². The normalized spacial score (nSPS) is 11.5. The highest BCUT2D eigenvalue weighted by atomic mass is 127. The lowest BCUT2D eigenvalue weighted by molar-refractivity contribution is -0.147. The number of carboxylic acids is 1. The van der Waals surface area contributed by atoms with Gasteiger partial charge in [0.2, 0.25) is 11.8 Å². The first-order valence-corrected chi connectivity index (χ1v) is 10.4. The van der Waals surface area contributed by atoms with Crippen LogP contribution in [0, 0.1) is 10.7 Å². The van der Waals surface area contributed by atoms with Gasteiger partial charge in [-0.3, -0.25) is 9.59 Å². The molecule has 0 saturated heterocycles. The Labute approximate surface area is 190 Å². The second-order valence-electron chi connectivity index (χ2n) is 5.07. The van der Waals surface area contributed by atoms with Crippen molar-refractivity contribution in [3.05, 3.63) is 16.3 Å². The lowest BCUT2D eigenvalue weighted by Crippen LogP contribution is -2.27. The van der Waals surface area contributed by atoms with Crippen LogP contribution in [0.4, 0.5) is 11.4 Å². The third kappa shape index (κ3) is 5.64. The Balaban J connectivity index is 3.58. The number of carbonyl (C=O) groups is 4. The van der Waals surface area contributed by atoms with Crippen molar-refractivity contribution in [2.45, 2.75) is 33.3 Å². The van der Waals surface area contributed by atoms with Gasteiger partial charge in [0.05, 0.1) is 27.6 Å². The molecule has 1 rings (SSSR count). The van der Waals surface area contributed by atoms with E-state index in [0.717, 1.165) is 0 Å². The van der Waals surface area contributed by atoms with Crippen molar-refractivity contribution in [1.82, 2.24) is 0 Å². The van der Waals surface area contributed by atoms with Gasteiger partial charge in [-0.2, -0.15) is 0 Å². The second kappa shape index (κ2) is 10.0. The largest absolute Gasteiger partial charge is 0.479 e. The molecule has 1 aromatic carbocycles. The number of hydrogen-bond acceptors (Lipinski definition) is 5. The molecule has 2 amide bonds. The molecule has 1 unspecified atom stereocenters. The minimum atomic E-state index is -1.29. The van der Waals surface area contributed by atoms with E-state index in [0.29, 0.717) is 22.1 Å². The van der Waals surface area contributed by atoms with E-state index in [-0.39, 0.29) is 23.8 Å². The van der Waals surface area contributed by atoms with Gasteiger partial charge in [-0.15, -0.1) is 0 Å². The zero-order chi connectivity index (χ0) is 20.2. The fourth-order valence-electron chi connectivity index (χ4n) is 1.91. The maximum Gasteiger partial charge on any atom is 0.345 e. The molecule has 0 fully saturated rings. The van der Waals surface area contributed by atoms with Gasteiger partial charge in [0, 0.05) is 13.8 Å². The van der Waals surface area contributed by atoms with Crippen molar-refractivity contribution in [1.29, 1.82) is 0 Å². The molecule has 1 aromatic rings. The zero-order valence-electron chi connectivity index (χ0n) is 13.9. The molecule has 8 nitrogen and oxygen atoms in total. The Morgan fingerprint density at radius 2 is 1.38 bits per heavy atom. The van der Waals surface area contributed by atoms with E-state index >= 15 is 0 Å². The summed E-state index contributed by atoms with van der Waals surface area (Å²) < 4.78 is 6.43. The molecule has 0 heterocycles. The molecule has 0 spiro atoms. The van der Waals surface area contributed by atoms with Crippen LogP contribution in [0.15, 0.2) is 0 Å². The van der Waals surface area contributed by atoms with Crippen LogP contribution >= 0.6 is 67.8 Å². The first kappa shape index (κ1) is 23.3. The first-order valence-electron chi connectivity index (χ1n) is 7.20. The summed E-state index contributed by atoms with van der Waals surface area (Å²) in [6, 6.07) is 0. The van der Waals surface area contributed by atoms with Crippen molar-refractivity contribution in [2.24, 2.45) is 0 Å². The summed E-state index contributed by atoms with van der Waals surface area (Å²) >= 11 is 5.72. The Morgan fingerprint density at radius 3 is 1.69 bits per heavy atom. The van der Waals surface area contributed by atoms with E-state index in [9.17, 15) is 19.2 Å². The number of amides is 2. The molecule has 26 heavy (non-hydrogen) atoms. The number of rotatable bonds is 6. The average Bonchev–Trinajstić information content (AvgIpc) is 2.52. The van der Waals surface area contributed by atoms with E-state index in [2.05, 4.69) is 10.6 Å². The van der Waals surface area contributed by atoms with Crippen LogP contribution in [-0.4, -0.2) is 35.0 Å². The van der Waals surface area contributed by atoms with Gasteiger partial charge in [0.25, 0.3) is 0 Å². The molecule has 0 bridgehead atoms. The molecule has 0 aliphatic rings. The summed E-state index contributed by atoms with van der Waals surface area (Å²) in [5.74, 6) is -2.80. The molecule has 0 aliphatic carbocycles. The topological polar surface area (TPSA) is 122 Å². The van der Waals surface area contributed by atoms with Gasteiger partial charge in [0.15, 0.2) is 6.10 Å². The number of carboxylic acid groups (broad SMARTS) is 1. The van der Waals surface area contributed by atoms with Crippen LogP contribution in [0.2, 0.25) is 0 Å².